The van der Waals surface area contributed by atoms with Crippen LogP contribution in [0.1, 0.15) is 85.5 Å². The summed E-state index contributed by atoms with van der Waals surface area (Å²) < 4.78 is 23.4. The van der Waals surface area contributed by atoms with Gasteiger partial charge in [-0.2, -0.15) is 0 Å². The van der Waals surface area contributed by atoms with Crippen molar-refractivity contribution < 1.29 is 52.9 Å². The number of piperidine rings is 1. The highest BCUT2D eigenvalue weighted by Crippen LogP contribution is 2.43. The van der Waals surface area contributed by atoms with E-state index in [0.717, 1.165) is 31.3 Å². The number of hydrogen-bond donors (Lipinski definition) is 2. The van der Waals surface area contributed by atoms with Crippen LogP contribution in [0.4, 0.5) is 4.79 Å². The molecule has 0 aliphatic carbocycles. The van der Waals surface area contributed by atoms with E-state index in [4.69, 9.17) is 23.8 Å². The Morgan fingerprint density at radius 2 is 1.78 bits per heavy atom. The van der Waals surface area contributed by atoms with Gasteiger partial charge in [-0.1, -0.05) is 30.7 Å². The zero-order valence-electron chi connectivity index (χ0n) is 29.4. The summed E-state index contributed by atoms with van der Waals surface area (Å²) in [5, 5.41) is 14.5. The number of hydrogen-bond acceptors (Lipinski definition) is 11. The first-order valence-corrected chi connectivity index (χ1v) is 17.8. The van der Waals surface area contributed by atoms with E-state index < -0.39 is 47.8 Å². The number of imide groups is 1. The minimum absolute atomic E-state index is 0.0109. The molecule has 5 aliphatic heterocycles. The van der Waals surface area contributed by atoms with E-state index in [1.807, 2.05) is 19.9 Å². The highest BCUT2D eigenvalue weighted by molar-refractivity contribution is 6.01. The second-order valence-electron chi connectivity index (χ2n) is 14.2. The minimum atomic E-state index is -0.928. The molecule has 14 nitrogen and oxygen atoms in total. The normalized spacial score (nSPS) is 34.0. The van der Waals surface area contributed by atoms with Crippen molar-refractivity contribution in [2.45, 2.75) is 134 Å². The maximum Gasteiger partial charge on any atom is 0.410 e. The van der Waals surface area contributed by atoms with Gasteiger partial charge in [0.25, 0.3) is 11.8 Å². The molecule has 5 fully saturated rings. The van der Waals surface area contributed by atoms with E-state index in [2.05, 4.69) is 18.3 Å². The van der Waals surface area contributed by atoms with E-state index in [1.54, 1.807) is 24.0 Å². The van der Waals surface area contributed by atoms with Gasteiger partial charge in [0.05, 0.1) is 37.4 Å². The molecule has 14 heteroatoms. The number of likely N-dealkylation sites (tertiary alicyclic amines) is 1. The summed E-state index contributed by atoms with van der Waals surface area (Å²) in [5.74, 6) is -1.96. The lowest BCUT2D eigenvalue weighted by molar-refractivity contribution is -0.202. The average molecular weight is 702 g/mol. The highest BCUT2D eigenvalue weighted by Gasteiger charge is 2.58. The molecule has 0 aromatic heterocycles. The Morgan fingerprint density at radius 3 is 2.46 bits per heavy atom. The Kier molecular flexibility index (Phi) is 12.5. The first kappa shape index (κ1) is 37.7. The van der Waals surface area contributed by atoms with Crippen molar-refractivity contribution in [1.29, 1.82) is 0 Å². The van der Waals surface area contributed by atoms with Gasteiger partial charge in [0.1, 0.15) is 23.9 Å². The van der Waals surface area contributed by atoms with Crippen molar-refractivity contribution in [3.8, 4) is 0 Å². The zero-order valence-corrected chi connectivity index (χ0v) is 29.4. The fourth-order valence-corrected chi connectivity index (χ4v) is 6.92. The lowest BCUT2D eigenvalue weighted by atomic mass is 9.87. The molecule has 0 aromatic carbocycles. The molecular formula is C36H51N3O11. The smallest absolute Gasteiger partial charge is 0.410 e. The summed E-state index contributed by atoms with van der Waals surface area (Å²) >= 11 is 0. The number of rotatable bonds is 11. The van der Waals surface area contributed by atoms with E-state index >= 15 is 0 Å². The van der Waals surface area contributed by atoms with E-state index in [0.29, 0.717) is 31.2 Å². The SMILES string of the molecule is CC(/C=C/[C@H]1O[C@H](CC(=O)ON2C(=O)CCC2=O)C[C@@]2(CO2)[C@@H]1O)=C\C[C@@H]1O[C@H](C)[C@H](NC(=O)/C=C\[C@H](C)OC(=O)N2CCCCC2)C[C@@H]1C. The number of ether oxygens (including phenoxy) is 4. The number of carbonyl (C=O) groups excluding carboxylic acids is 5. The molecular weight excluding hydrogens is 650 g/mol. The molecule has 5 saturated heterocycles. The number of epoxide rings is 1. The van der Waals surface area contributed by atoms with Crippen molar-refractivity contribution in [2.24, 2.45) is 5.92 Å². The third kappa shape index (κ3) is 9.80. The van der Waals surface area contributed by atoms with Gasteiger partial charge < -0.3 is 39.1 Å². The lowest BCUT2D eigenvalue weighted by Crippen LogP contribution is -2.50. The summed E-state index contributed by atoms with van der Waals surface area (Å²) in [6.07, 6.45) is 9.77. The van der Waals surface area contributed by atoms with Crippen LogP contribution in [-0.4, -0.2) is 113 Å². The Hall–Kier alpha value is -3.59. The molecule has 0 saturated carbocycles. The average Bonchev–Trinajstić information content (AvgIpc) is 3.79. The van der Waals surface area contributed by atoms with Crippen molar-refractivity contribution in [3.05, 3.63) is 36.0 Å². The van der Waals surface area contributed by atoms with Gasteiger partial charge in [0.2, 0.25) is 5.91 Å². The molecule has 4 amide bonds. The number of hydroxylamine groups is 2. The highest BCUT2D eigenvalue weighted by atomic mass is 16.7. The zero-order chi connectivity index (χ0) is 36.0. The largest absolute Gasteiger partial charge is 0.442 e. The number of aliphatic hydroxyl groups is 1. The molecule has 0 bridgehead atoms. The molecule has 2 N–H and O–H groups in total. The van der Waals surface area contributed by atoms with Crippen molar-refractivity contribution in [2.75, 3.05) is 19.7 Å². The topological polar surface area (TPSA) is 174 Å². The van der Waals surface area contributed by atoms with Gasteiger partial charge in [-0.05, 0) is 64.9 Å². The van der Waals surface area contributed by atoms with Crippen LogP contribution in [0, 0.1) is 5.92 Å². The van der Waals surface area contributed by atoms with Crippen LogP contribution >= 0.6 is 0 Å². The van der Waals surface area contributed by atoms with Gasteiger partial charge in [0.15, 0.2) is 0 Å². The molecule has 9 atom stereocenters. The fourth-order valence-electron chi connectivity index (χ4n) is 6.92. The molecule has 5 rings (SSSR count). The monoisotopic (exact) mass is 701 g/mol. The van der Waals surface area contributed by atoms with Crippen LogP contribution in [0.5, 0.6) is 0 Å². The quantitative estimate of drug-likeness (QED) is 0.140. The number of nitrogens with zero attached hydrogens (tertiary/aromatic N) is 2. The molecule has 5 aliphatic rings. The number of amides is 4. The Balaban J connectivity index is 1.06. The summed E-state index contributed by atoms with van der Waals surface area (Å²) in [5.41, 5.74) is 0.120. The first-order valence-electron chi connectivity index (χ1n) is 17.8. The first-order chi connectivity index (χ1) is 23.8. The minimum Gasteiger partial charge on any atom is -0.442 e. The summed E-state index contributed by atoms with van der Waals surface area (Å²) in [4.78, 5) is 67.8. The standard InChI is InChI=1S/C36H51N3O11/c1-22(9-12-29-34(44)36(21-46-36)20-26(49-29)19-33(43)50-39-31(41)14-15-32(39)42)8-11-28-23(2)18-27(25(4)48-28)37-30(40)13-10-24(3)47-35(45)38-16-6-5-7-17-38/h8-10,12-13,23-29,34,44H,5-7,11,14-21H2,1-4H3,(H,37,40)/b12-9+,13-10-,22-8+/t23-,24-,25+,26+,27+,28-,29+,34+,36+/m0/s1. The second-order valence-corrected chi connectivity index (χ2v) is 14.2. The number of carbonyl (C=O) groups is 5. The molecule has 5 heterocycles. The van der Waals surface area contributed by atoms with E-state index in [9.17, 15) is 29.1 Å². The third-order valence-corrected chi connectivity index (χ3v) is 10.1. The van der Waals surface area contributed by atoms with Gasteiger partial charge >= 0.3 is 12.1 Å². The predicted molar refractivity (Wildman–Crippen MR) is 178 cm³/mol. The fraction of sp³-hybridized carbons (Fsp3) is 0.694. The van der Waals surface area contributed by atoms with Crippen LogP contribution in [0.15, 0.2) is 36.0 Å². The van der Waals surface area contributed by atoms with Crippen LogP contribution in [0.2, 0.25) is 0 Å². The molecule has 0 radical (unpaired) electrons. The van der Waals surface area contributed by atoms with Crippen molar-refractivity contribution in [1.82, 2.24) is 15.3 Å². The van der Waals surface area contributed by atoms with E-state index in [-0.39, 0.29) is 61.9 Å². The number of nitrogens with one attached hydrogen (secondary N) is 1. The molecule has 50 heavy (non-hydrogen) atoms. The molecule has 1 spiro atoms. The van der Waals surface area contributed by atoms with Gasteiger partial charge in [0, 0.05) is 38.4 Å². The van der Waals surface area contributed by atoms with Gasteiger partial charge in [-0.3, -0.25) is 14.4 Å². The van der Waals surface area contributed by atoms with Crippen LogP contribution in [0.25, 0.3) is 0 Å². The van der Waals surface area contributed by atoms with Crippen molar-refractivity contribution >= 4 is 29.8 Å². The maximum absolute atomic E-state index is 12.7. The molecule has 0 aromatic rings. The Bertz CT molecular complexity index is 1350. The summed E-state index contributed by atoms with van der Waals surface area (Å²) in [6, 6.07) is -0.168. The van der Waals surface area contributed by atoms with Gasteiger partial charge in [-0.25, -0.2) is 9.59 Å². The maximum atomic E-state index is 12.7. The van der Waals surface area contributed by atoms with E-state index in [1.165, 1.54) is 6.08 Å². The van der Waals surface area contributed by atoms with Crippen molar-refractivity contribution in [3.63, 3.8) is 0 Å². The van der Waals surface area contributed by atoms with Crippen LogP contribution in [0.3, 0.4) is 0 Å². The number of aliphatic hydroxyl groups excluding tert-OH is 1. The van der Waals surface area contributed by atoms with Crippen LogP contribution < -0.4 is 5.32 Å². The lowest BCUT2D eigenvalue weighted by Gasteiger charge is -2.39. The Morgan fingerprint density at radius 1 is 1.08 bits per heavy atom. The van der Waals surface area contributed by atoms with Gasteiger partial charge in [-0.15, -0.1) is 5.06 Å². The Labute approximate surface area is 293 Å². The second kappa shape index (κ2) is 16.6. The third-order valence-electron chi connectivity index (χ3n) is 10.1. The van der Waals surface area contributed by atoms with Crippen LogP contribution in [-0.2, 0) is 43.0 Å². The summed E-state index contributed by atoms with van der Waals surface area (Å²) in [7, 11) is 0. The number of allylic oxidation sites excluding steroid dienone is 2. The molecule has 276 valence electrons. The predicted octanol–water partition coefficient (Wildman–Crippen LogP) is 3.03. The summed E-state index contributed by atoms with van der Waals surface area (Å²) in [6.45, 7) is 9.45. The molecule has 0 unspecified atom stereocenters.